The summed E-state index contributed by atoms with van der Waals surface area (Å²) in [5.74, 6) is -6.06. The maximum Gasteiger partial charge on any atom is 0.356 e. The molecule has 0 heterocycles. The van der Waals surface area contributed by atoms with E-state index >= 15 is 0 Å². The van der Waals surface area contributed by atoms with Crippen LogP contribution in [0.2, 0.25) is 0 Å². The normalized spacial score (nSPS) is 19.3. The van der Waals surface area contributed by atoms with Crippen LogP contribution < -0.4 is 0 Å². The maximum atomic E-state index is 13.0. The Labute approximate surface area is 216 Å². The van der Waals surface area contributed by atoms with Crippen LogP contribution in [-0.2, 0) is 0 Å². The predicted octanol–water partition coefficient (Wildman–Crippen LogP) is 9.43. The van der Waals surface area contributed by atoms with Crippen molar-refractivity contribution in [2.45, 2.75) is 37.0 Å². The van der Waals surface area contributed by atoms with Crippen LogP contribution in [0.25, 0.3) is 0 Å². The standard InChI is InChI=1S/C5Cl2F8I2.C3ClF5I2/c6-1(8,4(12,13)16)3(10,11)2(7,9)5(14,15)17;4-1(5,2(6,7)10)3(8,9)11. The first-order valence-corrected chi connectivity index (χ1v) is 10.7. The Bertz CT molecular complexity index is 488. The topological polar surface area (TPSA) is 0 Å². The molecule has 0 saturated heterocycles. The Balaban J connectivity index is 0. The minimum atomic E-state index is -6.06. The molecule has 0 aliphatic rings. The smallest absolute Gasteiger partial charge is 0.211 e. The van der Waals surface area contributed by atoms with Crippen LogP contribution in [0.5, 0.6) is 0 Å². The van der Waals surface area contributed by atoms with Gasteiger partial charge in [0.05, 0.1) is 0 Å². The average molecular weight is 957 g/mol. The first-order valence-electron chi connectivity index (χ1n) is 5.28. The lowest BCUT2D eigenvalue weighted by molar-refractivity contribution is -0.235. The van der Waals surface area contributed by atoms with Crippen LogP contribution in [-0.4, -0.2) is 37.0 Å². The first kappa shape index (κ1) is 33.1. The molecule has 0 aromatic rings. The molecule has 0 rings (SSSR count). The molecule has 0 bridgehead atoms. The molecular weight excluding hydrogens is 957 g/mol. The molecule has 0 N–H and O–H groups in total. The van der Waals surface area contributed by atoms with Gasteiger partial charge in [-0.25, -0.2) is 13.2 Å². The molecule has 2 unspecified atom stereocenters. The molecule has 0 aromatic carbocycles. The van der Waals surface area contributed by atoms with Crippen LogP contribution in [0, 0.1) is 0 Å². The Hall–Kier alpha value is 2.88. The summed E-state index contributed by atoms with van der Waals surface area (Å²) in [6.07, 6.45) is 0. The van der Waals surface area contributed by atoms with E-state index in [9.17, 15) is 57.1 Å². The third-order valence-corrected chi connectivity index (χ3v) is 7.89. The lowest BCUT2D eigenvalue weighted by Crippen LogP contribution is -2.63. The molecule has 2 atom stereocenters. The van der Waals surface area contributed by atoms with Crippen molar-refractivity contribution in [1.82, 2.24) is 0 Å². The fourth-order valence-electron chi connectivity index (χ4n) is 0.714. The monoisotopic (exact) mass is 956 g/mol. The molecule has 28 heavy (non-hydrogen) atoms. The highest BCUT2D eigenvalue weighted by Crippen LogP contribution is 2.61. The second-order valence-corrected chi connectivity index (χ2v) is 11.3. The summed E-state index contributed by atoms with van der Waals surface area (Å²) in [6.45, 7) is 0. The van der Waals surface area contributed by atoms with E-state index in [0.717, 1.165) is 0 Å². The maximum absolute atomic E-state index is 13.0. The first-order chi connectivity index (χ1) is 11.5. The van der Waals surface area contributed by atoms with Crippen molar-refractivity contribution >= 4 is 125 Å². The summed E-state index contributed by atoms with van der Waals surface area (Å²) < 4.78 is 143. The zero-order valence-corrected chi connectivity index (χ0v) is 22.5. The van der Waals surface area contributed by atoms with Crippen molar-refractivity contribution < 1.29 is 57.1 Å². The molecule has 172 valence electrons. The Kier molecular flexibility index (Phi) is 11.4. The highest BCUT2D eigenvalue weighted by molar-refractivity contribution is 14.1. The third-order valence-electron chi connectivity index (χ3n) is 2.21. The molecule has 0 radical (unpaired) electrons. The van der Waals surface area contributed by atoms with Crippen LogP contribution in [0.4, 0.5) is 57.1 Å². The second-order valence-electron chi connectivity index (χ2n) is 4.29. The minimum absolute atomic E-state index is 0.180. The van der Waals surface area contributed by atoms with E-state index in [0.29, 0.717) is 0 Å². The fraction of sp³-hybridized carbons (Fsp3) is 1.00. The van der Waals surface area contributed by atoms with Gasteiger partial charge in [-0.15, -0.1) is 0 Å². The quantitative estimate of drug-likeness (QED) is 0.142. The molecule has 0 aromatic heterocycles. The molecule has 0 amide bonds. The largest absolute Gasteiger partial charge is 0.356 e. The minimum Gasteiger partial charge on any atom is -0.211 e. The van der Waals surface area contributed by atoms with E-state index in [2.05, 4.69) is 34.8 Å². The van der Waals surface area contributed by atoms with Gasteiger partial charge >= 0.3 is 37.0 Å². The molecule has 0 spiro atoms. The van der Waals surface area contributed by atoms with Gasteiger partial charge in [0.25, 0.3) is 0 Å². The highest BCUT2D eigenvalue weighted by Gasteiger charge is 2.82. The summed E-state index contributed by atoms with van der Waals surface area (Å²) >= 11 is 12.7. The van der Waals surface area contributed by atoms with Gasteiger partial charge in [0.2, 0.25) is 0 Å². The van der Waals surface area contributed by atoms with Crippen molar-refractivity contribution in [1.29, 1.82) is 0 Å². The third kappa shape index (κ3) is 6.94. The number of hydrogen-bond donors (Lipinski definition) is 0. The van der Waals surface area contributed by atoms with Gasteiger partial charge in [-0.3, -0.25) is 0 Å². The molecule has 0 aliphatic carbocycles. The molecule has 0 aliphatic heterocycles. The van der Waals surface area contributed by atoms with Crippen molar-refractivity contribution in [3.05, 3.63) is 0 Å². The van der Waals surface area contributed by atoms with E-state index in [4.69, 9.17) is 0 Å². The zero-order chi connectivity index (χ0) is 24.0. The van der Waals surface area contributed by atoms with Crippen molar-refractivity contribution in [2.75, 3.05) is 0 Å². The Morgan fingerprint density at radius 1 is 0.357 bits per heavy atom. The molecule has 0 nitrogen and oxygen atoms in total. The van der Waals surface area contributed by atoms with Gasteiger partial charge in [0.15, 0.2) is 0 Å². The summed E-state index contributed by atoms with van der Waals surface area (Å²) in [4.78, 5) is 0. The van der Waals surface area contributed by atoms with E-state index in [-0.39, 0.29) is 90.4 Å². The van der Waals surface area contributed by atoms with E-state index < -0.39 is 37.0 Å². The molecule has 0 saturated carbocycles. The predicted molar refractivity (Wildman–Crippen MR) is 110 cm³/mol. The number of halogens is 20. The fourth-order valence-corrected chi connectivity index (χ4v) is 2.89. The summed E-state index contributed by atoms with van der Waals surface area (Å²) in [5, 5.41) is -15.2. The van der Waals surface area contributed by atoms with Gasteiger partial charge in [-0.2, -0.15) is 43.9 Å². The van der Waals surface area contributed by atoms with Gasteiger partial charge in [-0.1, -0.05) is 34.8 Å². The second kappa shape index (κ2) is 9.63. The molecular formula is C8Cl3F13I4. The van der Waals surface area contributed by atoms with E-state index in [1.807, 2.05) is 0 Å². The lowest BCUT2D eigenvalue weighted by atomic mass is 10.1. The van der Waals surface area contributed by atoms with Gasteiger partial charge in [0, 0.05) is 90.4 Å². The lowest BCUT2D eigenvalue weighted by Gasteiger charge is -2.38. The highest BCUT2D eigenvalue weighted by atomic mass is 127. The van der Waals surface area contributed by atoms with E-state index in [1.165, 1.54) is 0 Å². The zero-order valence-electron chi connectivity index (χ0n) is 11.6. The van der Waals surface area contributed by atoms with Crippen LogP contribution in [0.1, 0.15) is 0 Å². The van der Waals surface area contributed by atoms with Crippen LogP contribution >= 0.6 is 125 Å². The van der Waals surface area contributed by atoms with Crippen molar-refractivity contribution in [3.63, 3.8) is 0 Å². The van der Waals surface area contributed by atoms with Crippen LogP contribution in [0.3, 0.4) is 0 Å². The van der Waals surface area contributed by atoms with Crippen molar-refractivity contribution in [2.24, 2.45) is 0 Å². The van der Waals surface area contributed by atoms with Crippen LogP contribution in [0.15, 0.2) is 0 Å². The van der Waals surface area contributed by atoms with Gasteiger partial charge < -0.3 is 0 Å². The summed E-state index contributed by atoms with van der Waals surface area (Å²) in [6, 6.07) is 0. The molecule has 20 heteroatoms. The SMILES string of the molecule is FC(F)(I)C(F)(Cl)C(F)(F)C(F)(Cl)C(F)(F)I.FC(F)(I)C(F)(Cl)C(F)(F)I. The average Bonchev–Trinajstić information content (AvgIpc) is 2.33. The Morgan fingerprint density at radius 3 is 0.571 bits per heavy atom. The van der Waals surface area contributed by atoms with Gasteiger partial charge in [-0.05, 0) is 0 Å². The molecule has 0 fully saturated rings. The number of hydrogen-bond acceptors (Lipinski definition) is 0. The summed E-state index contributed by atoms with van der Waals surface area (Å²) in [5.41, 5.74) is 0. The number of alkyl halides is 20. The number of rotatable bonds is 6. The summed E-state index contributed by atoms with van der Waals surface area (Å²) in [7, 11) is 0. The Morgan fingerprint density at radius 2 is 0.500 bits per heavy atom. The van der Waals surface area contributed by atoms with Crippen molar-refractivity contribution in [3.8, 4) is 0 Å². The van der Waals surface area contributed by atoms with E-state index in [1.54, 1.807) is 0 Å². The van der Waals surface area contributed by atoms with Gasteiger partial charge in [0.1, 0.15) is 0 Å².